The van der Waals surface area contributed by atoms with Gasteiger partial charge in [0.15, 0.2) is 0 Å². The van der Waals surface area contributed by atoms with Crippen LogP contribution in [-0.4, -0.2) is 65.2 Å². The Labute approximate surface area is 239 Å². The maximum atomic E-state index is 13.2. The highest BCUT2D eigenvalue weighted by Gasteiger charge is 2.30. The summed E-state index contributed by atoms with van der Waals surface area (Å²) in [5.41, 5.74) is 1.94. The SMILES string of the molecule is CCCCn1c(-c2cccc(Oc3cccc(C(F)(F)F)c3)c2)nc2ccc(OCCN3CCN(CC)CC3)cc21. The van der Waals surface area contributed by atoms with Crippen LogP contribution in [-0.2, 0) is 12.7 Å². The lowest BCUT2D eigenvalue weighted by Gasteiger charge is -2.33. The lowest BCUT2D eigenvalue weighted by molar-refractivity contribution is -0.137. The third-order valence-electron chi connectivity index (χ3n) is 7.53. The first kappa shape index (κ1) is 29.0. The van der Waals surface area contributed by atoms with E-state index >= 15 is 0 Å². The Morgan fingerprint density at radius 1 is 0.805 bits per heavy atom. The third-order valence-corrected chi connectivity index (χ3v) is 7.53. The predicted octanol–water partition coefficient (Wildman–Crippen LogP) is 7.33. The van der Waals surface area contributed by atoms with Crippen molar-refractivity contribution in [3.63, 3.8) is 0 Å². The standard InChI is InChI=1S/C32H37F3N4O2/c1-3-5-14-39-30-23-26(40-20-19-38-17-15-37(4-2)16-18-38)12-13-29(30)36-31(39)24-8-6-10-27(21-24)41-28-11-7-9-25(22-28)32(33,34)35/h6-13,21-23H,3-5,14-20H2,1-2H3. The molecular weight excluding hydrogens is 529 g/mol. The van der Waals surface area contributed by atoms with E-state index in [9.17, 15) is 13.2 Å². The molecule has 1 fully saturated rings. The van der Waals surface area contributed by atoms with Crippen LogP contribution in [0.25, 0.3) is 22.4 Å². The quantitative estimate of drug-likeness (QED) is 0.190. The van der Waals surface area contributed by atoms with Crippen molar-refractivity contribution < 1.29 is 22.6 Å². The van der Waals surface area contributed by atoms with Crippen molar-refractivity contribution >= 4 is 11.0 Å². The Balaban J connectivity index is 1.34. The van der Waals surface area contributed by atoms with Gasteiger partial charge < -0.3 is 18.9 Å². The molecule has 1 saturated heterocycles. The normalized spacial score (nSPS) is 15.0. The number of rotatable bonds is 11. The number of hydrogen-bond donors (Lipinski definition) is 0. The Morgan fingerprint density at radius 2 is 1.54 bits per heavy atom. The number of imidazole rings is 1. The van der Waals surface area contributed by atoms with Gasteiger partial charge in [-0.15, -0.1) is 0 Å². The van der Waals surface area contributed by atoms with Crippen LogP contribution in [0.1, 0.15) is 32.3 Å². The molecule has 0 unspecified atom stereocenters. The summed E-state index contributed by atoms with van der Waals surface area (Å²) >= 11 is 0. The minimum Gasteiger partial charge on any atom is -0.492 e. The second-order valence-corrected chi connectivity index (χ2v) is 10.4. The van der Waals surface area contributed by atoms with Crippen molar-refractivity contribution in [2.24, 2.45) is 0 Å². The smallest absolute Gasteiger partial charge is 0.416 e. The van der Waals surface area contributed by atoms with Gasteiger partial charge in [-0.25, -0.2) is 4.98 Å². The zero-order valence-electron chi connectivity index (χ0n) is 23.7. The molecule has 0 radical (unpaired) electrons. The van der Waals surface area contributed by atoms with Crippen LogP contribution in [0.15, 0.2) is 66.7 Å². The fraction of sp³-hybridized carbons (Fsp3) is 0.406. The summed E-state index contributed by atoms with van der Waals surface area (Å²) in [4.78, 5) is 9.84. The molecule has 1 aliphatic rings. The van der Waals surface area contributed by atoms with Crippen LogP contribution in [0.3, 0.4) is 0 Å². The first-order valence-electron chi connectivity index (χ1n) is 14.4. The molecule has 41 heavy (non-hydrogen) atoms. The Morgan fingerprint density at radius 3 is 2.27 bits per heavy atom. The van der Waals surface area contributed by atoms with Crippen LogP contribution < -0.4 is 9.47 Å². The van der Waals surface area contributed by atoms with Gasteiger partial charge in [0.25, 0.3) is 0 Å². The van der Waals surface area contributed by atoms with Gasteiger partial charge in [-0.2, -0.15) is 13.2 Å². The average Bonchev–Trinajstić information content (AvgIpc) is 3.34. The van der Waals surface area contributed by atoms with E-state index in [0.29, 0.717) is 12.4 Å². The van der Waals surface area contributed by atoms with Crippen LogP contribution in [0.5, 0.6) is 17.2 Å². The molecule has 5 rings (SSSR count). The second kappa shape index (κ2) is 13.0. The highest BCUT2D eigenvalue weighted by molar-refractivity contribution is 5.82. The van der Waals surface area contributed by atoms with Crippen LogP contribution in [0.4, 0.5) is 13.2 Å². The molecule has 9 heteroatoms. The molecule has 218 valence electrons. The summed E-state index contributed by atoms with van der Waals surface area (Å²) in [7, 11) is 0. The first-order valence-corrected chi connectivity index (χ1v) is 14.4. The summed E-state index contributed by atoms with van der Waals surface area (Å²) in [5.74, 6) is 2.18. The third kappa shape index (κ3) is 7.21. The van der Waals surface area contributed by atoms with Gasteiger partial charge in [-0.3, -0.25) is 4.90 Å². The minimum absolute atomic E-state index is 0.130. The van der Waals surface area contributed by atoms with Gasteiger partial charge >= 0.3 is 6.18 Å². The van der Waals surface area contributed by atoms with E-state index in [2.05, 4.69) is 34.3 Å². The molecule has 0 N–H and O–H groups in total. The number of fused-ring (bicyclic) bond motifs is 1. The summed E-state index contributed by atoms with van der Waals surface area (Å²) < 4.78 is 53.7. The van der Waals surface area contributed by atoms with E-state index in [1.807, 2.05) is 30.3 Å². The van der Waals surface area contributed by atoms with Crippen molar-refractivity contribution in [2.45, 2.75) is 39.4 Å². The number of likely N-dealkylation sites (N-methyl/N-ethyl adjacent to an activating group) is 1. The topological polar surface area (TPSA) is 42.8 Å². The molecule has 0 spiro atoms. The van der Waals surface area contributed by atoms with E-state index in [1.54, 1.807) is 6.07 Å². The molecular formula is C32H37F3N4O2. The fourth-order valence-corrected chi connectivity index (χ4v) is 5.15. The lowest BCUT2D eigenvalue weighted by Crippen LogP contribution is -2.47. The number of ether oxygens (including phenoxy) is 2. The van der Waals surface area contributed by atoms with Gasteiger partial charge in [0.05, 0.1) is 16.6 Å². The number of aryl methyl sites for hydroxylation is 1. The van der Waals surface area contributed by atoms with Crippen LogP contribution in [0, 0.1) is 0 Å². The summed E-state index contributed by atoms with van der Waals surface area (Å²) in [6, 6.07) is 18.2. The Kier molecular flexibility index (Phi) is 9.15. The molecule has 0 atom stereocenters. The first-order chi connectivity index (χ1) is 19.8. The molecule has 0 bridgehead atoms. The van der Waals surface area contributed by atoms with E-state index < -0.39 is 11.7 Å². The maximum Gasteiger partial charge on any atom is 0.416 e. The predicted molar refractivity (Wildman–Crippen MR) is 156 cm³/mol. The number of unbranched alkanes of at least 4 members (excludes halogenated alkanes) is 1. The number of benzene rings is 3. The number of hydrogen-bond acceptors (Lipinski definition) is 5. The van der Waals surface area contributed by atoms with Crippen molar-refractivity contribution in [3.8, 4) is 28.6 Å². The molecule has 0 saturated carbocycles. The zero-order chi connectivity index (χ0) is 28.8. The highest BCUT2D eigenvalue weighted by atomic mass is 19.4. The van der Waals surface area contributed by atoms with E-state index in [-0.39, 0.29) is 5.75 Å². The molecule has 4 aromatic rings. The number of piperazine rings is 1. The van der Waals surface area contributed by atoms with Gasteiger partial charge in [0.2, 0.25) is 0 Å². The van der Waals surface area contributed by atoms with E-state index in [4.69, 9.17) is 14.5 Å². The van der Waals surface area contributed by atoms with Gasteiger partial charge in [0.1, 0.15) is 29.7 Å². The molecule has 0 amide bonds. The largest absolute Gasteiger partial charge is 0.492 e. The molecule has 1 aliphatic heterocycles. The van der Waals surface area contributed by atoms with Gasteiger partial charge in [-0.1, -0.05) is 38.5 Å². The van der Waals surface area contributed by atoms with Gasteiger partial charge in [0, 0.05) is 50.9 Å². The zero-order valence-corrected chi connectivity index (χ0v) is 23.7. The molecule has 2 heterocycles. The molecule has 3 aromatic carbocycles. The van der Waals surface area contributed by atoms with Crippen molar-refractivity contribution in [3.05, 3.63) is 72.3 Å². The van der Waals surface area contributed by atoms with Crippen LogP contribution in [0.2, 0.25) is 0 Å². The summed E-state index contributed by atoms with van der Waals surface area (Å²) in [5, 5.41) is 0. The van der Waals surface area contributed by atoms with Gasteiger partial charge in [-0.05, 0) is 55.4 Å². The van der Waals surface area contributed by atoms with Crippen molar-refractivity contribution in [1.82, 2.24) is 19.4 Å². The Hall–Kier alpha value is -3.56. The number of nitrogens with zero attached hydrogens (tertiary/aromatic N) is 4. The summed E-state index contributed by atoms with van der Waals surface area (Å²) in [6.45, 7) is 12.1. The number of aromatic nitrogens is 2. The molecule has 1 aromatic heterocycles. The Bertz CT molecular complexity index is 1440. The van der Waals surface area contributed by atoms with E-state index in [1.165, 1.54) is 12.1 Å². The van der Waals surface area contributed by atoms with Crippen LogP contribution >= 0.6 is 0 Å². The maximum absolute atomic E-state index is 13.2. The molecule has 0 aliphatic carbocycles. The number of halogens is 3. The second-order valence-electron chi connectivity index (χ2n) is 10.4. The van der Waals surface area contributed by atoms with Crippen molar-refractivity contribution in [1.29, 1.82) is 0 Å². The van der Waals surface area contributed by atoms with E-state index in [0.717, 1.165) is 99.0 Å². The lowest BCUT2D eigenvalue weighted by atomic mass is 10.2. The van der Waals surface area contributed by atoms with Crippen molar-refractivity contribution in [2.75, 3.05) is 45.9 Å². The average molecular weight is 567 g/mol. The number of alkyl halides is 3. The fourth-order valence-electron chi connectivity index (χ4n) is 5.15. The minimum atomic E-state index is -4.43. The monoisotopic (exact) mass is 566 g/mol. The summed E-state index contributed by atoms with van der Waals surface area (Å²) in [6.07, 6.45) is -2.43. The highest BCUT2D eigenvalue weighted by Crippen LogP contribution is 2.34. The molecule has 6 nitrogen and oxygen atoms in total.